The Balaban J connectivity index is 1.73. The van der Waals surface area contributed by atoms with Crippen LogP contribution in [-0.4, -0.2) is 39.4 Å². The lowest BCUT2D eigenvalue weighted by Crippen LogP contribution is -2.17. The average Bonchev–Trinajstić information content (AvgIpc) is 2.70. The Hall–Kier alpha value is -3.22. The van der Waals surface area contributed by atoms with Crippen molar-refractivity contribution >= 4 is 11.9 Å². The van der Waals surface area contributed by atoms with Crippen molar-refractivity contribution in [2.24, 2.45) is 0 Å². The molecule has 0 unspecified atom stereocenters. The standard InChI is InChI=1S/C19H18O7/c1-22-15-9-14(10-16-17(15)25-7-6-24-16)19(21)26-11-12-4-3-5-13(8-12)18(20)23-2/h3-5,8-10H,6-7,11H2,1-2H3. The summed E-state index contributed by atoms with van der Waals surface area (Å²) in [7, 11) is 2.80. The fourth-order valence-electron chi connectivity index (χ4n) is 2.53. The van der Waals surface area contributed by atoms with E-state index in [9.17, 15) is 9.59 Å². The van der Waals surface area contributed by atoms with Crippen molar-refractivity contribution in [3.05, 3.63) is 53.1 Å². The summed E-state index contributed by atoms with van der Waals surface area (Å²) < 4.78 is 26.3. The summed E-state index contributed by atoms with van der Waals surface area (Å²) in [6.07, 6.45) is 0. The van der Waals surface area contributed by atoms with Gasteiger partial charge in [-0.15, -0.1) is 0 Å². The van der Waals surface area contributed by atoms with Gasteiger partial charge in [-0.25, -0.2) is 9.59 Å². The largest absolute Gasteiger partial charge is 0.493 e. The molecule has 7 nitrogen and oxygen atoms in total. The van der Waals surface area contributed by atoms with E-state index in [1.54, 1.807) is 36.4 Å². The zero-order chi connectivity index (χ0) is 18.5. The number of rotatable bonds is 5. The van der Waals surface area contributed by atoms with E-state index >= 15 is 0 Å². The first-order chi connectivity index (χ1) is 12.6. The summed E-state index contributed by atoms with van der Waals surface area (Å²) in [5.74, 6) is 0.330. The molecule has 1 heterocycles. The van der Waals surface area contributed by atoms with E-state index in [0.717, 1.165) is 0 Å². The van der Waals surface area contributed by atoms with Gasteiger partial charge in [-0.3, -0.25) is 0 Å². The second-order valence-electron chi connectivity index (χ2n) is 5.47. The minimum absolute atomic E-state index is 0.0143. The molecule has 26 heavy (non-hydrogen) atoms. The molecule has 0 saturated heterocycles. The molecule has 0 N–H and O–H groups in total. The molecule has 7 heteroatoms. The normalized spacial score (nSPS) is 12.2. The first-order valence-electron chi connectivity index (χ1n) is 7.94. The molecule has 0 aromatic heterocycles. The molecule has 0 fully saturated rings. The average molecular weight is 358 g/mol. The van der Waals surface area contributed by atoms with E-state index in [2.05, 4.69) is 4.74 Å². The van der Waals surface area contributed by atoms with E-state index in [-0.39, 0.29) is 12.2 Å². The summed E-state index contributed by atoms with van der Waals surface area (Å²) in [6, 6.07) is 9.80. The molecule has 0 saturated carbocycles. The lowest BCUT2D eigenvalue weighted by Gasteiger charge is -2.21. The summed E-state index contributed by atoms with van der Waals surface area (Å²) >= 11 is 0. The Morgan fingerprint density at radius 1 is 1.00 bits per heavy atom. The Morgan fingerprint density at radius 2 is 1.81 bits per heavy atom. The fourth-order valence-corrected chi connectivity index (χ4v) is 2.53. The Bertz CT molecular complexity index is 811. The van der Waals surface area contributed by atoms with Crippen LogP contribution in [0.15, 0.2) is 36.4 Å². The van der Waals surface area contributed by atoms with Gasteiger partial charge in [0, 0.05) is 0 Å². The number of carbonyl (C=O) groups is 2. The number of benzene rings is 2. The highest BCUT2D eigenvalue weighted by atomic mass is 16.6. The van der Waals surface area contributed by atoms with Crippen molar-refractivity contribution in [3.63, 3.8) is 0 Å². The van der Waals surface area contributed by atoms with Gasteiger partial charge < -0.3 is 23.7 Å². The second-order valence-corrected chi connectivity index (χ2v) is 5.47. The molecule has 0 aliphatic carbocycles. The molecule has 0 spiro atoms. The van der Waals surface area contributed by atoms with Crippen molar-refractivity contribution < 1.29 is 33.3 Å². The van der Waals surface area contributed by atoms with Gasteiger partial charge in [-0.2, -0.15) is 0 Å². The SMILES string of the molecule is COC(=O)c1cccc(COC(=O)c2cc(OC)c3c(c2)OCCO3)c1. The molecule has 2 aromatic carbocycles. The van der Waals surface area contributed by atoms with Crippen LogP contribution in [0.2, 0.25) is 0 Å². The van der Waals surface area contributed by atoms with Crippen molar-refractivity contribution in [2.45, 2.75) is 6.61 Å². The van der Waals surface area contributed by atoms with Crippen LogP contribution in [0.3, 0.4) is 0 Å². The molecule has 136 valence electrons. The van der Waals surface area contributed by atoms with Crippen LogP contribution in [0, 0.1) is 0 Å². The molecule has 1 aliphatic rings. The molecule has 2 aromatic rings. The first kappa shape index (κ1) is 17.6. The highest BCUT2D eigenvalue weighted by Crippen LogP contribution is 2.40. The molecule has 3 rings (SSSR count). The smallest absolute Gasteiger partial charge is 0.338 e. The van der Waals surface area contributed by atoms with Crippen molar-refractivity contribution in [1.29, 1.82) is 0 Å². The van der Waals surface area contributed by atoms with Gasteiger partial charge in [0.1, 0.15) is 19.8 Å². The Labute approximate surface area is 150 Å². The summed E-state index contributed by atoms with van der Waals surface area (Å²) in [5, 5.41) is 0. The minimum Gasteiger partial charge on any atom is -0.493 e. The van der Waals surface area contributed by atoms with E-state index in [1.165, 1.54) is 14.2 Å². The van der Waals surface area contributed by atoms with Crippen LogP contribution in [-0.2, 0) is 16.1 Å². The van der Waals surface area contributed by atoms with Gasteiger partial charge >= 0.3 is 11.9 Å². The van der Waals surface area contributed by atoms with Crippen molar-refractivity contribution in [1.82, 2.24) is 0 Å². The van der Waals surface area contributed by atoms with Crippen LogP contribution in [0.1, 0.15) is 26.3 Å². The number of fused-ring (bicyclic) bond motifs is 1. The third-order valence-electron chi connectivity index (χ3n) is 3.78. The number of methoxy groups -OCH3 is 2. The van der Waals surface area contributed by atoms with E-state index in [0.29, 0.717) is 41.6 Å². The molecule has 0 amide bonds. The summed E-state index contributed by atoms with van der Waals surface area (Å²) in [6.45, 7) is 0.832. The summed E-state index contributed by atoms with van der Waals surface area (Å²) in [4.78, 5) is 23.9. The van der Waals surface area contributed by atoms with Gasteiger partial charge in [0.05, 0.1) is 25.3 Å². The molecule has 1 aliphatic heterocycles. The molecular weight excluding hydrogens is 340 g/mol. The Morgan fingerprint density at radius 3 is 2.58 bits per heavy atom. The van der Waals surface area contributed by atoms with Crippen LogP contribution in [0.5, 0.6) is 17.2 Å². The molecule has 0 bridgehead atoms. The summed E-state index contributed by atoms with van der Waals surface area (Å²) in [5.41, 5.74) is 1.35. The topological polar surface area (TPSA) is 80.3 Å². The van der Waals surface area contributed by atoms with Crippen molar-refractivity contribution in [3.8, 4) is 17.2 Å². The highest BCUT2D eigenvalue weighted by Gasteiger charge is 2.21. The van der Waals surface area contributed by atoms with E-state index in [1.807, 2.05) is 0 Å². The minimum atomic E-state index is -0.538. The maximum Gasteiger partial charge on any atom is 0.338 e. The van der Waals surface area contributed by atoms with Crippen LogP contribution in [0.4, 0.5) is 0 Å². The number of hydrogen-bond donors (Lipinski definition) is 0. The van der Waals surface area contributed by atoms with Gasteiger partial charge in [-0.1, -0.05) is 12.1 Å². The van der Waals surface area contributed by atoms with Gasteiger partial charge in [-0.05, 0) is 29.8 Å². The monoisotopic (exact) mass is 358 g/mol. The zero-order valence-corrected chi connectivity index (χ0v) is 14.4. The molecule has 0 radical (unpaired) electrons. The fraction of sp³-hybridized carbons (Fsp3) is 0.263. The van der Waals surface area contributed by atoms with Crippen LogP contribution < -0.4 is 14.2 Å². The van der Waals surface area contributed by atoms with Gasteiger partial charge in [0.2, 0.25) is 5.75 Å². The van der Waals surface area contributed by atoms with Gasteiger partial charge in [0.15, 0.2) is 11.5 Å². The number of ether oxygens (including phenoxy) is 5. The first-order valence-corrected chi connectivity index (χ1v) is 7.94. The predicted molar refractivity (Wildman–Crippen MR) is 90.9 cm³/mol. The maximum absolute atomic E-state index is 12.4. The van der Waals surface area contributed by atoms with Crippen LogP contribution >= 0.6 is 0 Å². The third kappa shape index (κ3) is 3.72. The lowest BCUT2D eigenvalue weighted by molar-refractivity contribution is 0.0471. The van der Waals surface area contributed by atoms with Gasteiger partial charge in [0.25, 0.3) is 0 Å². The lowest BCUT2D eigenvalue weighted by atomic mass is 10.1. The van der Waals surface area contributed by atoms with E-state index < -0.39 is 11.9 Å². The zero-order valence-electron chi connectivity index (χ0n) is 14.4. The maximum atomic E-state index is 12.4. The number of carbonyl (C=O) groups excluding carboxylic acids is 2. The predicted octanol–water partition coefficient (Wildman–Crippen LogP) is 2.61. The highest BCUT2D eigenvalue weighted by molar-refractivity contribution is 5.91. The third-order valence-corrected chi connectivity index (χ3v) is 3.78. The number of hydrogen-bond acceptors (Lipinski definition) is 7. The van der Waals surface area contributed by atoms with Crippen molar-refractivity contribution in [2.75, 3.05) is 27.4 Å². The number of esters is 2. The second kappa shape index (κ2) is 7.77. The molecule has 0 atom stereocenters. The Kier molecular flexibility index (Phi) is 5.26. The van der Waals surface area contributed by atoms with Crippen LogP contribution in [0.25, 0.3) is 0 Å². The molecular formula is C19H18O7. The van der Waals surface area contributed by atoms with E-state index in [4.69, 9.17) is 18.9 Å². The quantitative estimate of drug-likeness (QED) is 0.760.